The number of hydrogen-bond acceptors (Lipinski definition) is 11. The molecule has 3 fully saturated rings. The predicted molar refractivity (Wildman–Crippen MR) is 180 cm³/mol. The van der Waals surface area contributed by atoms with Gasteiger partial charge in [-0.15, -0.1) is 0 Å². The molecule has 2 saturated carbocycles. The Labute approximate surface area is 288 Å². The number of pyridine rings is 1. The first kappa shape index (κ1) is 35.1. The number of aromatic nitrogens is 1. The number of esters is 3. The number of hydrogen-bond donors (Lipinski definition) is 0. The minimum Gasteiger partial charge on any atom is -0.483 e. The third kappa shape index (κ3) is 6.51. The summed E-state index contributed by atoms with van der Waals surface area (Å²) in [5.41, 5.74) is -1.72. The van der Waals surface area contributed by atoms with Crippen molar-refractivity contribution in [2.75, 3.05) is 26.2 Å². The van der Waals surface area contributed by atoms with Gasteiger partial charge in [-0.1, -0.05) is 27.2 Å². The van der Waals surface area contributed by atoms with Crippen molar-refractivity contribution in [3.8, 4) is 17.1 Å². The van der Waals surface area contributed by atoms with Gasteiger partial charge in [-0.2, -0.15) is 0 Å². The Balaban J connectivity index is 1.43. The zero-order chi connectivity index (χ0) is 35.1. The maximum Gasteiger partial charge on any atom is 0.343 e. The van der Waals surface area contributed by atoms with Crippen molar-refractivity contribution >= 4 is 17.9 Å². The highest BCUT2D eigenvalue weighted by Crippen LogP contribution is 2.68. The van der Waals surface area contributed by atoms with Gasteiger partial charge in [-0.3, -0.25) is 19.4 Å². The largest absolute Gasteiger partial charge is 0.483 e. The van der Waals surface area contributed by atoms with Crippen molar-refractivity contribution in [3.63, 3.8) is 0 Å². The highest BCUT2D eigenvalue weighted by molar-refractivity contribution is 5.70. The highest BCUT2D eigenvalue weighted by atomic mass is 16.6. The van der Waals surface area contributed by atoms with Crippen LogP contribution in [0.3, 0.4) is 0 Å². The quantitative estimate of drug-likeness (QED) is 0.252. The number of likely N-dealkylation sites (tertiary alicyclic amines) is 1. The van der Waals surface area contributed by atoms with Gasteiger partial charge in [-0.05, 0) is 81.5 Å². The molecule has 1 saturated heterocycles. The molecule has 2 aromatic heterocycles. The van der Waals surface area contributed by atoms with Gasteiger partial charge < -0.3 is 28.3 Å². The van der Waals surface area contributed by atoms with Gasteiger partial charge in [0.15, 0.2) is 0 Å². The van der Waals surface area contributed by atoms with Crippen molar-refractivity contribution in [1.29, 1.82) is 0 Å². The molecule has 0 radical (unpaired) electrons. The third-order valence-electron chi connectivity index (χ3n) is 12.1. The van der Waals surface area contributed by atoms with Crippen LogP contribution in [0.15, 0.2) is 39.8 Å². The number of ether oxygens (including phenoxy) is 4. The smallest absolute Gasteiger partial charge is 0.343 e. The van der Waals surface area contributed by atoms with Crippen molar-refractivity contribution in [2.45, 2.75) is 110 Å². The number of carbonyl (C=O) groups excluding carboxylic acids is 3. The fourth-order valence-corrected chi connectivity index (χ4v) is 10.0. The van der Waals surface area contributed by atoms with Crippen molar-refractivity contribution in [2.24, 2.45) is 22.7 Å². The first-order valence-corrected chi connectivity index (χ1v) is 17.8. The second-order valence-corrected chi connectivity index (χ2v) is 15.3. The van der Waals surface area contributed by atoms with E-state index in [1.807, 2.05) is 26.8 Å². The fraction of sp³-hybridized carbons (Fsp3) is 0.658. The number of piperidine rings is 1. The minimum atomic E-state index is -1.02. The van der Waals surface area contributed by atoms with Crippen LogP contribution in [0.5, 0.6) is 5.75 Å². The molecule has 6 rings (SSSR count). The SMILES string of the molecule is CC(=O)OC[C@@]1(C)C2C[C@H](OC(=O)CCN3CCCCC3)[C@@]3(C)Oc4cc(-c5cccnc5)oc(=O)c4[C@H](C)C3[C@@]2(C)CC[C@@H]1OC(C)=O. The van der Waals surface area contributed by atoms with Crippen LogP contribution in [0.2, 0.25) is 0 Å². The Morgan fingerprint density at radius 2 is 1.80 bits per heavy atom. The molecular weight excluding hydrogens is 628 g/mol. The second-order valence-electron chi connectivity index (χ2n) is 15.3. The highest BCUT2D eigenvalue weighted by Gasteiger charge is 2.70. The van der Waals surface area contributed by atoms with Crippen molar-refractivity contribution in [1.82, 2.24) is 9.88 Å². The summed E-state index contributed by atoms with van der Waals surface area (Å²) in [5, 5.41) is 0. The number of nitrogens with zero attached hydrogens (tertiary/aromatic N) is 2. The lowest BCUT2D eigenvalue weighted by atomic mass is 9.41. The van der Waals surface area contributed by atoms with Crippen LogP contribution in [0, 0.1) is 22.7 Å². The molecule has 11 nitrogen and oxygen atoms in total. The summed E-state index contributed by atoms with van der Waals surface area (Å²) in [6.07, 6.45) is 7.35. The molecule has 0 spiro atoms. The average molecular weight is 679 g/mol. The molecule has 2 aromatic rings. The van der Waals surface area contributed by atoms with Crippen LogP contribution in [0.25, 0.3) is 11.3 Å². The lowest BCUT2D eigenvalue weighted by Gasteiger charge is -2.67. The zero-order valence-electron chi connectivity index (χ0n) is 29.6. The third-order valence-corrected chi connectivity index (χ3v) is 12.1. The Morgan fingerprint density at radius 3 is 2.47 bits per heavy atom. The summed E-state index contributed by atoms with van der Waals surface area (Å²) in [6, 6.07) is 5.34. The fourth-order valence-electron chi connectivity index (χ4n) is 10.0. The molecular formula is C38H50N2O9. The lowest BCUT2D eigenvalue weighted by molar-refractivity contribution is -0.256. The van der Waals surface area contributed by atoms with E-state index in [-0.39, 0.29) is 36.8 Å². The summed E-state index contributed by atoms with van der Waals surface area (Å²) in [7, 11) is 0. The molecule has 11 heteroatoms. The summed E-state index contributed by atoms with van der Waals surface area (Å²) in [6.45, 7) is 13.6. The first-order chi connectivity index (χ1) is 23.3. The van der Waals surface area contributed by atoms with E-state index in [1.165, 1.54) is 20.3 Å². The Morgan fingerprint density at radius 1 is 1.04 bits per heavy atom. The minimum absolute atomic E-state index is 0.0298. The monoisotopic (exact) mass is 678 g/mol. The zero-order valence-corrected chi connectivity index (χ0v) is 29.6. The summed E-state index contributed by atoms with van der Waals surface area (Å²) >= 11 is 0. The van der Waals surface area contributed by atoms with Gasteiger partial charge in [0.25, 0.3) is 0 Å². The molecule has 0 aromatic carbocycles. The Bertz CT molecular complexity index is 1620. The van der Waals surface area contributed by atoms with E-state index in [1.54, 1.807) is 24.5 Å². The van der Waals surface area contributed by atoms with Crippen molar-refractivity contribution < 1.29 is 37.7 Å². The molecule has 0 bridgehead atoms. The molecule has 2 unspecified atom stereocenters. The van der Waals surface area contributed by atoms with Gasteiger partial charge >= 0.3 is 23.5 Å². The van der Waals surface area contributed by atoms with E-state index in [2.05, 4.69) is 16.8 Å². The van der Waals surface area contributed by atoms with Crippen LogP contribution in [0.4, 0.5) is 0 Å². The van der Waals surface area contributed by atoms with E-state index in [4.69, 9.17) is 23.4 Å². The number of carbonyl (C=O) groups is 3. The van der Waals surface area contributed by atoms with Crippen LogP contribution in [-0.4, -0.2) is 71.8 Å². The van der Waals surface area contributed by atoms with Crippen LogP contribution < -0.4 is 10.4 Å². The van der Waals surface area contributed by atoms with E-state index in [0.29, 0.717) is 48.4 Å². The maximum atomic E-state index is 13.8. The molecule has 4 heterocycles. The number of rotatable bonds is 8. The molecule has 0 N–H and O–H groups in total. The van der Waals surface area contributed by atoms with E-state index in [9.17, 15) is 19.2 Å². The van der Waals surface area contributed by atoms with E-state index < -0.39 is 46.2 Å². The number of fused-ring (bicyclic) bond motifs is 4. The molecule has 2 aliphatic heterocycles. The van der Waals surface area contributed by atoms with Gasteiger partial charge in [-0.25, -0.2) is 4.79 Å². The topological polar surface area (TPSA) is 134 Å². The van der Waals surface area contributed by atoms with Crippen LogP contribution >= 0.6 is 0 Å². The summed E-state index contributed by atoms with van der Waals surface area (Å²) in [5.74, 6) is -1.28. The summed E-state index contributed by atoms with van der Waals surface area (Å²) < 4.78 is 30.9. The first-order valence-electron chi connectivity index (χ1n) is 17.8. The molecule has 8 atom stereocenters. The van der Waals surface area contributed by atoms with Crippen molar-refractivity contribution in [3.05, 3.63) is 46.6 Å². The molecule has 266 valence electrons. The van der Waals surface area contributed by atoms with E-state index in [0.717, 1.165) is 25.9 Å². The second kappa shape index (κ2) is 13.5. The van der Waals surface area contributed by atoms with Gasteiger partial charge in [0.1, 0.15) is 35.9 Å². The molecule has 4 aliphatic rings. The molecule has 49 heavy (non-hydrogen) atoms. The van der Waals surface area contributed by atoms with Gasteiger partial charge in [0.2, 0.25) is 0 Å². The van der Waals surface area contributed by atoms with E-state index >= 15 is 0 Å². The molecule has 0 amide bonds. The predicted octanol–water partition coefficient (Wildman–Crippen LogP) is 5.68. The average Bonchev–Trinajstić information content (AvgIpc) is 3.05. The van der Waals surface area contributed by atoms with Crippen LogP contribution in [-0.2, 0) is 28.6 Å². The van der Waals surface area contributed by atoms with Gasteiger partial charge in [0.05, 0.1) is 12.0 Å². The van der Waals surface area contributed by atoms with Gasteiger partial charge in [0, 0.05) is 55.7 Å². The molecule has 2 aliphatic carbocycles. The summed E-state index contributed by atoms with van der Waals surface area (Å²) in [4.78, 5) is 58.5. The Kier molecular flexibility index (Phi) is 9.69. The van der Waals surface area contributed by atoms with Crippen LogP contribution in [0.1, 0.15) is 98.0 Å². The maximum absolute atomic E-state index is 13.8. The standard InChI is InChI=1S/C38H50N2O9/c1-23-33-28(19-27(47-35(33)44)26-11-10-15-39-21-26)49-38(6)31(48-32(43)13-18-40-16-8-7-9-17-40)20-29-36(4,34(23)38)14-12-30(46-25(3)42)37(29,5)22-45-24(2)41/h10-11,15,19,21,23,29-31,34H,7-9,12-14,16-18,20,22H2,1-6H3/t23-,29?,30-,31-,34?,36-,37-,38+/m0/s1. The lowest BCUT2D eigenvalue weighted by Crippen LogP contribution is -2.71. The normalized spacial score (nSPS) is 34.0. The Hall–Kier alpha value is -3.73.